The van der Waals surface area contributed by atoms with E-state index in [9.17, 15) is 14.4 Å². The highest BCUT2D eigenvalue weighted by atomic mass is 16.2. The molecule has 6 nitrogen and oxygen atoms in total. The van der Waals surface area contributed by atoms with Gasteiger partial charge < -0.3 is 16.4 Å². The molecular weight excluding hydrogens is 282 g/mol. The number of primary amides is 2. The lowest BCUT2D eigenvalue weighted by Crippen LogP contribution is -2.36. The second-order valence-corrected chi connectivity index (χ2v) is 6.00. The van der Waals surface area contributed by atoms with E-state index in [0.29, 0.717) is 11.5 Å². The second kappa shape index (κ2) is 6.17. The molecule has 1 aliphatic heterocycles. The Morgan fingerprint density at radius 1 is 1.00 bits per heavy atom. The van der Waals surface area contributed by atoms with Gasteiger partial charge in [0.1, 0.15) is 0 Å². The molecule has 1 heterocycles. The maximum absolute atomic E-state index is 12.5. The molecule has 1 aromatic rings. The molecule has 3 amide bonds. The molecule has 1 aromatic carbocycles. The summed E-state index contributed by atoms with van der Waals surface area (Å²) in [6.07, 6.45) is 0. The van der Waals surface area contributed by atoms with E-state index < -0.39 is 23.7 Å². The van der Waals surface area contributed by atoms with E-state index in [1.807, 2.05) is 12.1 Å². The highest BCUT2D eigenvalue weighted by molar-refractivity contribution is 5.96. The van der Waals surface area contributed by atoms with Crippen LogP contribution < -0.4 is 11.5 Å². The molecule has 0 bridgehead atoms. The summed E-state index contributed by atoms with van der Waals surface area (Å²) < 4.78 is 0. The van der Waals surface area contributed by atoms with Crippen molar-refractivity contribution in [2.75, 3.05) is 13.1 Å². The first kappa shape index (κ1) is 16.0. The molecule has 22 heavy (non-hydrogen) atoms. The summed E-state index contributed by atoms with van der Waals surface area (Å²) in [5.41, 5.74) is 12.3. The van der Waals surface area contributed by atoms with Crippen molar-refractivity contribution in [3.63, 3.8) is 0 Å². The highest BCUT2D eigenvalue weighted by Gasteiger charge is 2.41. The quantitative estimate of drug-likeness (QED) is 0.844. The summed E-state index contributed by atoms with van der Waals surface area (Å²) in [7, 11) is 0. The van der Waals surface area contributed by atoms with Gasteiger partial charge in [-0.2, -0.15) is 0 Å². The maximum atomic E-state index is 12.5. The number of likely N-dealkylation sites (tertiary alicyclic amines) is 1. The van der Waals surface area contributed by atoms with Crippen molar-refractivity contribution in [1.82, 2.24) is 4.90 Å². The SMILES string of the molecule is CC(C)c1ccc(C(=O)N2C[C@@H](C(N)=O)[C@H](C(N)=O)C2)cc1. The van der Waals surface area contributed by atoms with E-state index in [1.54, 1.807) is 12.1 Å². The Labute approximate surface area is 129 Å². The van der Waals surface area contributed by atoms with Crippen molar-refractivity contribution >= 4 is 17.7 Å². The molecule has 2 rings (SSSR count). The summed E-state index contributed by atoms with van der Waals surface area (Å²) in [5.74, 6) is -2.46. The molecule has 0 aliphatic carbocycles. The number of rotatable bonds is 4. The van der Waals surface area contributed by atoms with Gasteiger partial charge in [-0.1, -0.05) is 26.0 Å². The number of nitrogens with zero attached hydrogens (tertiary/aromatic N) is 1. The van der Waals surface area contributed by atoms with E-state index in [1.165, 1.54) is 4.90 Å². The van der Waals surface area contributed by atoms with Crippen molar-refractivity contribution in [3.05, 3.63) is 35.4 Å². The van der Waals surface area contributed by atoms with E-state index in [0.717, 1.165) is 5.56 Å². The molecule has 0 aromatic heterocycles. The van der Waals surface area contributed by atoms with Crippen LogP contribution in [0.25, 0.3) is 0 Å². The minimum absolute atomic E-state index is 0.133. The van der Waals surface area contributed by atoms with Crippen LogP contribution in [0, 0.1) is 11.8 Å². The number of amides is 3. The molecule has 118 valence electrons. The van der Waals surface area contributed by atoms with Crippen LogP contribution in [0.1, 0.15) is 35.7 Å². The highest BCUT2D eigenvalue weighted by Crippen LogP contribution is 2.25. The fourth-order valence-corrected chi connectivity index (χ4v) is 2.74. The van der Waals surface area contributed by atoms with Crippen molar-refractivity contribution < 1.29 is 14.4 Å². The summed E-state index contributed by atoms with van der Waals surface area (Å²) >= 11 is 0. The van der Waals surface area contributed by atoms with Crippen LogP contribution in [0.2, 0.25) is 0 Å². The van der Waals surface area contributed by atoms with Gasteiger partial charge in [0.15, 0.2) is 0 Å². The Hall–Kier alpha value is -2.37. The number of carbonyl (C=O) groups is 3. The fourth-order valence-electron chi connectivity index (χ4n) is 2.74. The predicted molar refractivity (Wildman–Crippen MR) is 81.8 cm³/mol. The first-order chi connectivity index (χ1) is 10.3. The zero-order valence-corrected chi connectivity index (χ0v) is 12.8. The van der Waals surface area contributed by atoms with E-state index in [4.69, 9.17) is 11.5 Å². The van der Waals surface area contributed by atoms with Crippen LogP contribution in [0.15, 0.2) is 24.3 Å². The van der Waals surface area contributed by atoms with Gasteiger partial charge in [0.2, 0.25) is 11.8 Å². The van der Waals surface area contributed by atoms with Gasteiger partial charge in [0, 0.05) is 18.7 Å². The molecule has 0 spiro atoms. The van der Waals surface area contributed by atoms with Gasteiger partial charge in [-0.05, 0) is 23.6 Å². The first-order valence-electron chi connectivity index (χ1n) is 7.29. The van der Waals surface area contributed by atoms with E-state index in [-0.39, 0.29) is 19.0 Å². The molecule has 1 saturated heterocycles. The average molecular weight is 303 g/mol. The van der Waals surface area contributed by atoms with Crippen LogP contribution in [0.3, 0.4) is 0 Å². The number of benzene rings is 1. The molecule has 4 N–H and O–H groups in total. The molecule has 1 fully saturated rings. The zero-order chi connectivity index (χ0) is 16.4. The summed E-state index contributed by atoms with van der Waals surface area (Å²) in [6, 6.07) is 7.33. The summed E-state index contributed by atoms with van der Waals surface area (Å²) in [6.45, 7) is 4.42. The van der Waals surface area contributed by atoms with Gasteiger partial charge in [-0.25, -0.2) is 0 Å². The second-order valence-electron chi connectivity index (χ2n) is 6.00. The largest absolute Gasteiger partial charge is 0.369 e. The Morgan fingerprint density at radius 2 is 1.45 bits per heavy atom. The van der Waals surface area contributed by atoms with Crippen molar-refractivity contribution in [1.29, 1.82) is 0 Å². The van der Waals surface area contributed by atoms with Crippen molar-refractivity contribution in [3.8, 4) is 0 Å². The summed E-state index contributed by atoms with van der Waals surface area (Å²) in [4.78, 5) is 36.8. The fraction of sp³-hybridized carbons (Fsp3) is 0.438. The maximum Gasteiger partial charge on any atom is 0.253 e. The monoisotopic (exact) mass is 303 g/mol. The molecular formula is C16H21N3O3. The molecule has 0 saturated carbocycles. The number of nitrogens with two attached hydrogens (primary N) is 2. The topological polar surface area (TPSA) is 106 Å². The normalized spacial score (nSPS) is 21.1. The van der Waals surface area contributed by atoms with Gasteiger partial charge in [0.25, 0.3) is 5.91 Å². The Kier molecular flexibility index (Phi) is 4.49. The van der Waals surface area contributed by atoms with Gasteiger partial charge in [-0.15, -0.1) is 0 Å². The van der Waals surface area contributed by atoms with Gasteiger partial charge in [-0.3, -0.25) is 14.4 Å². The van der Waals surface area contributed by atoms with Crippen LogP contribution in [-0.4, -0.2) is 35.7 Å². The molecule has 6 heteroatoms. The van der Waals surface area contributed by atoms with Gasteiger partial charge >= 0.3 is 0 Å². The lowest BCUT2D eigenvalue weighted by Gasteiger charge is -2.16. The Morgan fingerprint density at radius 3 is 1.82 bits per heavy atom. The third kappa shape index (κ3) is 3.10. The average Bonchev–Trinajstić information content (AvgIpc) is 2.92. The van der Waals surface area contributed by atoms with Crippen LogP contribution in [-0.2, 0) is 9.59 Å². The van der Waals surface area contributed by atoms with Crippen LogP contribution in [0.4, 0.5) is 0 Å². The number of carbonyl (C=O) groups excluding carboxylic acids is 3. The number of hydrogen-bond acceptors (Lipinski definition) is 3. The summed E-state index contributed by atoms with van der Waals surface area (Å²) in [5, 5.41) is 0. The zero-order valence-electron chi connectivity index (χ0n) is 12.8. The van der Waals surface area contributed by atoms with Gasteiger partial charge in [0.05, 0.1) is 11.8 Å². The Balaban J connectivity index is 2.16. The number of hydrogen-bond donors (Lipinski definition) is 2. The molecule has 0 unspecified atom stereocenters. The van der Waals surface area contributed by atoms with E-state index >= 15 is 0 Å². The van der Waals surface area contributed by atoms with Crippen LogP contribution >= 0.6 is 0 Å². The molecule has 0 radical (unpaired) electrons. The minimum Gasteiger partial charge on any atom is -0.369 e. The predicted octanol–water partition coefficient (Wildman–Crippen LogP) is 0.469. The van der Waals surface area contributed by atoms with Crippen molar-refractivity contribution in [2.45, 2.75) is 19.8 Å². The third-order valence-electron chi connectivity index (χ3n) is 4.16. The smallest absolute Gasteiger partial charge is 0.253 e. The lowest BCUT2D eigenvalue weighted by molar-refractivity contribution is -0.129. The Bertz CT molecular complexity index is 573. The minimum atomic E-state index is -0.712. The van der Waals surface area contributed by atoms with Crippen molar-refractivity contribution in [2.24, 2.45) is 23.3 Å². The first-order valence-corrected chi connectivity index (χ1v) is 7.29. The third-order valence-corrected chi connectivity index (χ3v) is 4.16. The molecule has 1 aliphatic rings. The standard InChI is InChI=1S/C16H21N3O3/c1-9(2)10-3-5-11(6-4-10)16(22)19-7-12(14(17)20)13(8-19)15(18)21/h3-6,9,12-13H,7-8H2,1-2H3,(H2,17,20)(H2,18,21)/t12-,13-/m1/s1. The van der Waals surface area contributed by atoms with E-state index in [2.05, 4.69) is 13.8 Å². The lowest BCUT2D eigenvalue weighted by atomic mass is 9.95. The molecule has 2 atom stereocenters. The van der Waals surface area contributed by atoms with Crippen LogP contribution in [0.5, 0.6) is 0 Å².